The molecule has 0 aromatic heterocycles. The molecule has 0 saturated heterocycles. The Hall–Kier alpha value is -1.55. The molecular weight excluding hydrogens is 240 g/mol. The maximum absolute atomic E-state index is 11.6. The van der Waals surface area contributed by atoms with Crippen molar-refractivity contribution in [3.05, 3.63) is 29.3 Å². The zero-order valence-electron chi connectivity index (χ0n) is 12.0. The molecule has 1 atom stereocenters. The largest absolute Gasteiger partial charge is 0.483 e. The predicted molar refractivity (Wildman–Crippen MR) is 77.2 cm³/mol. The molecule has 106 valence electrons. The highest BCUT2D eigenvalue weighted by atomic mass is 16.5. The molecule has 0 aliphatic carbocycles. The molecule has 1 rings (SSSR count). The zero-order valence-corrected chi connectivity index (χ0v) is 12.0. The number of carbonyl (C=O) groups is 1. The number of nitrogens with two attached hydrogens (primary N) is 1. The second-order valence-corrected chi connectivity index (χ2v) is 4.82. The van der Waals surface area contributed by atoms with Crippen molar-refractivity contribution in [3.63, 3.8) is 0 Å². The van der Waals surface area contributed by atoms with Crippen molar-refractivity contribution < 1.29 is 9.53 Å². The highest BCUT2D eigenvalue weighted by Gasteiger charge is 2.10. The van der Waals surface area contributed by atoms with Crippen molar-refractivity contribution in [1.82, 2.24) is 5.32 Å². The van der Waals surface area contributed by atoms with Gasteiger partial charge in [0.15, 0.2) is 6.61 Å². The normalized spacial score (nSPS) is 12.0. The standard InChI is InChI=1S/C15H24N2O2/c1-4-5-8-17-15(18)10-19-14-7-6-11(2)9-13(14)12(3)16/h6-7,9,12H,4-5,8,10,16H2,1-3H3,(H,17,18). The second-order valence-electron chi connectivity index (χ2n) is 4.82. The fraction of sp³-hybridized carbons (Fsp3) is 0.533. The van der Waals surface area contributed by atoms with Gasteiger partial charge in [-0.05, 0) is 26.3 Å². The van der Waals surface area contributed by atoms with Crippen LogP contribution in [-0.2, 0) is 4.79 Å². The first-order valence-electron chi connectivity index (χ1n) is 6.80. The maximum Gasteiger partial charge on any atom is 0.257 e. The summed E-state index contributed by atoms with van der Waals surface area (Å²) >= 11 is 0. The summed E-state index contributed by atoms with van der Waals surface area (Å²) in [5.74, 6) is 0.593. The number of hydrogen-bond acceptors (Lipinski definition) is 3. The van der Waals surface area contributed by atoms with E-state index in [0.29, 0.717) is 12.3 Å². The van der Waals surface area contributed by atoms with Gasteiger partial charge in [0.05, 0.1) is 0 Å². The van der Waals surface area contributed by atoms with Gasteiger partial charge in [0.2, 0.25) is 0 Å². The lowest BCUT2D eigenvalue weighted by Gasteiger charge is -2.14. The quantitative estimate of drug-likeness (QED) is 0.743. The molecule has 0 heterocycles. The lowest BCUT2D eigenvalue weighted by atomic mass is 10.1. The van der Waals surface area contributed by atoms with Crippen LogP contribution in [-0.4, -0.2) is 19.1 Å². The fourth-order valence-electron chi connectivity index (χ4n) is 1.75. The fourth-order valence-corrected chi connectivity index (χ4v) is 1.75. The average molecular weight is 264 g/mol. The Labute approximate surface area is 115 Å². The van der Waals surface area contributed by atoms with Gasteiger partial charge in [-0.2, -0.15) is 0 Å². The molecule has 0 radical (unpaired) electrons. The van der Waals surface area contributed by atoms with E-state index in [4.69, 9.17) is 10.5 Å². The molecule has 0 saturated carbocycles. The number of ether oxygens (including phenoxy) is 1. The Morgan fingerprint density at radius 1 is 1.47 bits per heavy atom. The minimum atomic E-state index is -0.113. The van der Waals surface area contributed by atoms with Crippen LogP contribution in [0.4, 0.5) is 0 Å². The number of nitrogens with one attached hydrogen (secondary N) is 1. The molecule has 1 aromatic carbocycles. The van der Waals surface area contributed by atoms with Gasteiger partial charge in [-0.3, -0.25) is 4.79 Å². The Morgan fingerprint density at radius 3 is 2.84 bits per heavy atom. The van der Waals surface area contributed by atoms with E-state index in [1.54, 1.807) is 0 Å². The van der Waals surface area contributed by atoms with E-state index in [0.717, 1.165) is 24.0 Å². The van der Waals surface area contributed by atoms with Gasteiger partial charge in [-0.15, -0.1) is 0 Å². The van der Waals surface area contributed by atoms with Crippen molar-refractivity contribution in [1.29, 1.82) is 0 Å². The van der Waals surface area contributed by atoms with Crippen LogP contribution in [0.15, 0.2) is 18.2 Å². The molecule has 3 N–H and O–H groups in total. The Kier molecular flexibility index (Phi) is 6.36. The molecule has 19 heavy (non-hydrogen) atoms. The van der Waals surface area contributed by atoms with Gasteiger partial charge in [-0.1, -0.05) is 31.0 Å². The highest BCUT2D eigenvalue weighted by Crippen LogP contribution is 2.24. The van der Waals surface area contributed by atoms with E-state index < -0.39 is 0 Å². The van der Waals surface area contributed by atoms with Crippen molar-refractivity contribution in [3.8, 4) is 5.75 Å². The molecule has 0 aliphatic heterocycles. The molecule has 4 nitrogen and oxygen atoms in total. The summed E-state index contributed by atoms with van der Waals surface area (Å²) in [6.07, 6.45) is 2.05. The van der Waals surface area contributed by atoms with Crippen molar-refractivity contribution in [2.75, 3.05) is 13.2 Å². The highest BCUT2D eigenvalue weighted by molar-refractivity contribution is 5.77. The van der Waals surface area contributed by atoms with Crippen molar-refractivity contribution >= 4 is 5.91 Å². The van der Waals surface area contributed by atoms with E-state index in [1.165, 1.54) is 0 Å². The summed E-state index contributed by atoms with van der Waals surface area (Å²) in [6.45, 7) is 6.74. The molecule has 1 unspecified atom stereocenters. The summed E-state index contributed by atoms with van der Waals surface area (Å²) in [5.41, 5.74) is 7.97. The molecule has 4 heteroatoms. The van der Waals surface area contributed by atoms with Crippen LogP contribution in [0, 0.1) is 6.92 Å². The van der Waals surface area contributed by atoms with Gasteiger partial charge < -0.3 is 15.8 Å². The SMILES string of the molecule is CCCCNC(=O)COc1ccc(C)cc1C(C)N. The summed E-state index contributed by atoms with van der Waals surface area (Å²) < 4.78 is 5.55. The number of hydrogen-bond donors (Lipinski definition) is 2. The lowest BCUT2D eigenvalue weighted by Crippen LogP contribution is -2.29. The average Bonchev–Trinajstić information content (AvgIpc) is 2.37. The van der Waals surface area contributed by atoms with E-state index in [9.17, 15) is 4.79 Å². The summed E-state index contributed by atoms with van der Waals surface area (Å²) in [6, 6.07) is 5.71. The van der Waals surface area contributed by atoms with Crippen molar-refractivity contribution in [2.45, 2.75) is 39.7 Å². The third-order valence-electron chi connectivity index (χ3n) is 2.87. The molecule has 0 aliphatic rings. The van der Waals surface area contributed by atoms with Crippen LogP contribution in [0.25, 0.3) is 0 Å². The molecule has 1 amide bonds. The van der Waals surface area contributed by atoms with E-state index >= 15 is 0 Å². The van der Waals surface area contributed by atoms with Crippen LogP contribution in [0.3, 0.4) is 0 Å². The van der Waals surface area contributed by atoms with Gasteiger partial charge in [0.25, 0.3) is 5.91 Å². The topological polar surface area (TPSA) is 64.3 Å². The minimum Gasteiger partial charge on any atom is -0.483 e. The zero-order chi connectivity index (χ0) is 14.3. The number of aryl methyl sites for hydroxylation is 1. The lowest BCUT2D eigenvalue weighted by molar-refractivity contribution is -0.123. The first-order valence-corrected chi connectivity index (χ1v) is 6.80. The van der Waals surface area contributed by atoms with Crippen LogP contribution in [0.1, 0.15) is 43.9 Å². The number of benzene rings is 1. The van der Waals surface area contributed by atoms with E-state index in [2.05, 4.69) is 12.2 Å². The summed E-state index contributed by atoms with van der Waals surface area (Å²) in [4.78, 5) is 11.6. The first kappa shape index (κ1) is 15.5. The number of rotatable bonds is 7. The van der Waals surface area contributed by atoms with Crippen molar-refractivity contribution in [2.24, 2.45) is 5.73 Å². The second kappa shape index (κ2) is 7.79. The number of amides is 1. The number of carbonyl (C=O) groups excluding carboxylic acids is 1. The summed E-state index contributed by atoms with van der Waals surface area (Å²) in [5, 5.41) is 2.82. The van der Waals surface area contributed by atoms with Gasteiger partial charge in [0, 0.05) is 18.2 Å². The third kappa shape index (κ3) is 5.30. The van der Waals surface area contributed by atoms with Crippen LogP contribution >= 0.6 is 0 Å². The van der Waals surface area contributed by atoms with Gasteiger partial charge in [-0.25, -0.2) is 0 Å². The van der Waals surface area contributed by atoms with Crippen LogP contribution in [0.5, 0.6) is 5.75 Å². The van der Waals surface area contributed by atoms with Crippen LogP contribution in [0.2, 0.25) is 0 Å². The number of unbranched alkanes of at least 4 members (excludes halogenated alkanes) is 1. The molecule has 0 spiro atoms. The third-order valence-corrected chi connectivity index (χ3v) is 2.87. The Morgan fingerprint density at radius 2 is 2.21 bits per heavy atom. The maximum atomic E-state index is 11.6. The Balaban J connectivity index is 2.55. The molecule has 0 fully saturated rings. The monoisotopic (exact) mass is 264 g/mol. The molecular formula is C15H24N2O2. The Bertz CT molecular complexity index is 417. The van der Waals surface area contributed by atoms with E-state index in [-0.39, 0.29) is 18.6 Å². The molecule has 1 aromatic rings. The summed E-state index contributed by atoms with van der Waals surface area (Å²) in [7, 11) is 0. The van der Waals surface area contributed by atoms with E-state index in [1.807, 2.05) is 32.0 Å². The van der Waals surface area contributed by atoms with Gasteiger partial charge in [0.1, 0.15) is 5.75 Å². The molecule has 0 bridgehead atoms. The smallest absolute Gasteiger partial charge is 0.257 e. The van der Waals surface area contributed by atoms with Gasteiger partial charge >= 0.3 is 0 Å². The first-order chi connectivity index (χ1) is 9.04. The minimum absolute atomic E-state index is 0.0342. The van der Waals surface area contributed by atoms with Crippen LogP contribution < -0.4 is 15.8 Å². The predicted octanol–water partition coefficient (Wildman–Crippen LogP) is 2.31.